The Morgan fingerprint density at radius 1 is 1.15 bits per heavy atom. The maximum Gasteiger partial charge on any atom is 0.122 e. The van der Waals surface area contributed by atoms with Crippen LogP contribution in [0, 0.1) is 5.92 Å². The fourth-order valence-corrected chi connectivity index (χ4v) is 2.62. The smallest absolute Gasteiger partial charge is 0.122 e. The van der Waals surface area contributed by atoms with Crippen LogP contribution in [0.3, 0.4) is 0 Å². The molecular weight excluding hydrogens is 248 g/mol. The first-order chi connectivity index (χ1) is 9.88. The van der Waals surface area contributed by atoms with E-state index in [1.165, 1.54) is 42.1 Å². The van der Waals surface area contributed by atoms with E-state index in [1.54, 1.807) is 0 Å². The number of rotatable bonds is 7. The van der Waals surface area contributed by atoms with E-state index in [0.29, 0.717) is 6.73 Å². The van der Waals surface area contributed by atoms with Crippen molar-refractivity contribution in [1.82, 2.24) is 9.88 Å². The largest absolute Gasteiger partial charge is 0.360 e. The third-order valence-corrected chi connectivity index (χ3v) is 4.29. The highest BCUT2D eigenvalue weighted by Gasteiger charge is 2.21. The van der Waals surface area contributed by atoms with Gasteiger partial charge in [-0.3, -0.25) is 0 Å². The minimum atomic E-state index is 0.680. The highest BCUT2D eigenvalue weighted by atomic mass is 16.5. The van der Waals surface area contributed by atoms with Gasteiger partial charge in [0.1, 0.15) is 6.73 Å². The minimum absolute atomic E-state index is 0.680. The summed E-state index contributed by atoms with van der Waals surface area (Å²) in [6.45, 7) is 2.59. The van der Waals surface area contributed by atoms with Crippen molar-refractivity contribution in [3.63, 3.8) is 0 Å². The molecule has 2 fully saturated rings. The molecule has 0 spiro atoms. The van der Waals surface area contributed by atoms with E-state index in [4.69, 9.17) is 4.74 Å². The average molecular weight is 270 g/mol. The summed E-state index contributed by atoms with van der Waals surface area (Å²) in [6.07, 6.45) is 7.52. The number of aromatic nitrogens is 1. The van der Waals surface area contributed by atoms with Crippen LogP contribution in [0.5, 0.6) is 0 Å². The number of hydrogen-bond donors (Lipinski definition) is 1. The van der Waals surface area contributed by atoms with Gasteiger partial charge < -0.3 is 14.6 Å². The first-order valence-electron chi connectivity index (χ1n) is 7.77. The molecule has 0 saturated heterocycles. The molecule has 0 unspecified atom stereocenters. The van der Waals surface area contributed by atoms with Gasteiger partial charge in [0.05, 0.1) is 6.61 Å². The van der Waals surface area contributed by atoms with E-state index in [2.05, 4.69) is 40.3 Å². The van der Waals surface area contributed by atoms with Gasteiger partial charge in [0.25, 0.3) is 0 Å². The lowest BCUT2D eigenvalue weighted by atomic mass is 10.1. The Balaban J connectivity index is 1.42. The van der Waals surface area contributed by atoms with Crippen LogP contribution in [-0.2, 0) is 18.0 Å². The number of ether oxygens (including phenoxy) is 1. The second-order valence-corrected chi connectivity index (χ2v) is 6.28. The summed E-state index contributed by atoms with van der Waals surface area (Å²) >= 11 is 0. The van der Waals surface area contributed by atoms with Crippen molar-refractivity contribution >= 4 is 10.9 Å². The van der Waals surface area contributed by atoms with Crippen molar-refractivity contribution in [1.29, 1.82) is 0 Å². The molecule has 0 aliphatic heterocycles. The first kappa shape index (κ1) is 12.4. The van der Waals surface area contributed by atoms with E-state index in [-0.39, 0.29) is 0 Å². The molecular formula is C17H22N2O. The normalized spacial score (nSPS) is 18.8. The molecule has 3 heteroatoms. The molecule has 2 aliphatic rings. The maximum atomic E-state index is 5.78. The summed E-state index contributed by atoms with van der Waals surface area (Å²) < 4.78 is 7.98. The molecule has 2 saturated carbocycles. The lowest BCUT2D eigenvalue weighted by Gasteiger charge is -2.08. The highest BCUT2D eigenvalue weighted by Crippen LogP contribution is 2.29. The van der Waals surface area contributed by atoms with Gasteiger partial charge in [0.15, 0.2) is 0 Å². The number of fused-ring (bicyclic) bond motifs is 1. The van der Waals surface area contributed by atoms with Crippen molar-refractivity contribution < 1.29 is 4.74 Å². The quantitative estimate of drug-likeness (QED) is 0.835. The molecule has 4 rings (SSSR count). The van der Waals surface area contributed by atoms with Crippen LogP contribution in [0.4, 0.5) is 0 Å². The molecule has 106 valence electrons. The van der Waals surface area contributed by atoms with Crippen LogP contribution < -0.4 is 5.32 Å². The van der Waals surface area contributed by atoms with Crippen LogP contribution in [0.15, 0.2) is 30.5 Å². The monoisotopic (exact) mass is 270 g/mol. The van der Waals surface area contributed by atoms with Gasteiger partial charge >= 0.3 is 0 Å². The van der Waals surface area contributed by atoms with E-state index in [1.807, 2.05) is 0 Å². The minimum Gasteiger partial charge on any atom is -0.360 e. The zero-order chi connectivity index (χ0) is 13.4. The lowest BCUT2D eigenvalue weighted by Crippen LogP contribution is -2.15. The Morgan fingerprint density at radius 2 is 2.05 bits per heavy atom. The molecule has 0 amide bonds. The number of nitrogens with zero attached hydrogens (tertiary/aromatic N) is 1. The lowest BCUT2D eigenvalue weighted by molar-refractivity contribution is 0.0718. The molecule has 0 radical (unpaired) electrons. The number of benzene rings is 1. The zero-order valence-corrected chi connectivity index (χ0v) is 11.8. The van der Waals surface area contributed by atoms with Gasteiger partial charge in [0, 0.05) is 24.3 Å². The fraction of sp³-hybridized carbons (Fsp3) is 0.529. The summed E-state index contributed by atoms with van der Waals surface area (Å²) in [5, 5.41) is 4.88. The Labute approximate surface area is 119 Å². The van der Waals surface area contributed by atoms with Crippen LogP contribution in [0.2, 0.25) is 0 Å². The number of hydrogen-bond acceptors (Lipinski definition) is 2. The summed E-state index contributed by atoms with van der Waals surface area (Å²) in [6, 6.07) is 9.71. The van der Waals surface area contributed by atoms with E-state index in [0.717, 1.165) is 25.1 Å². The Kier molecular flexibility index (Phi) is 3.25. The molecule has 1 heterocycles. The van der Waals surface area contributed by atoms with E-state index in [9.17, 15) is 0 Å². The topological polar surface area (TPSA) is 26.2 Å². The summed E-state index contributed by atoms with van der Waals surface area (Å²) in [5.41, 5.74) is 2.65. The van der Waals surface area contributed by atoms with Gasteiger partial charge in [-0.05, 0) is 60.7 Å². The van der Waals surface area contributed by atoms with Gasteiger partial charge in [-0.2, -0.15) is 0 Å². The zero-order valence-electron chi connectivity index (χ0n) is 11.8. The van der Waals surface area contributed by atoms with Crippen LogP contribution in [0.25, 0.3) is 10.9 Å². The van der Waals surface area contributed by atoms with Crippen molar-refractivity contribution in [3.8, 4) is 0 Å². The third kappa shape index (κ3) is 2.89. The fourth-order valence-electron chi connectivity index (χ4n) is 2.62. The van der Waals surface area contributed by atoms with Crippen molar-refractivity contribution in [2.24, 2.45) is 5.92 Å². The van der Waals surface area contributed by atoms with Crippen molar-refractivity contribution in [2.45, 2.75) is 45.0 Å². The molecule has 1 aromatic heterocycles. The van der Waals surface area contributed by atoms with Gasteiger partial charge in [0.2, 0.25) is 0 Å². The third-order valence-electron chi connectivity index (χ3n) is 4.29. The van der Waals surface area contributed by atoms with Crippen molar-refractivity contribution in [2.75, 3.05) is 6.61 Å². The Hall–Kier alpha value is -1.32. The molecule has 1 aromatic carbocycles. The van der Waals surface area contributed by atoms with Gasteiger partial charge in [-0.25, -0.2) is 0 Å². The molecule has 2 aliphatic carbocycles. The van der Waals surface area contributed by atoms with Crippen LogP contribution in [0.1, 0.15) is 31.2 Å². The predicted octanol–water partition coefficient (Wildman–Crippen LogP) is 3.28. The predicted molar refractivity (Wildman–Crippen MR) is 80.5 cm³/mol. The summed E-state index contributed by atoms with van der Waals surface area (Å²) in [7, 11) is 0. The SMILES string of the molecule is c1cc2c(ccn2COCC2CC2)cc1CNC1CC1. The molecule has 0 atom stereocenters. The van der Waals surface area contributed by atoms with E-state index < -0.39 is 0 Å². The first-order valence-corrected chi connectivity index (χ1v) is 7.77. The summed E-state index contributed by atoms with van der Waals surface area (Å²) in [4.78, 5) is 0. The molecule has 2 aromatic rings. The molecule has 20 heavy (non-hydrogen) atoms. The van der Waals surface area contributed by atoms with Crippen LogP contribution >= 0.6 is 0 Å². The average Bonchev–Trinajstić information content (AvgIpc) is 3.37. The van der Waals surface area contributed by atoms with Crippen LogP contribution in [-0.4, -0.2) is 17.2 Å². The van der Waals surface area contributed by atoms with E-state index >= 15 is 0 Å². The summed E-state index contributed by atoms with van der Waals surface area (Å²) in [5.74, 6) is 0.830. The number of nitrogens with one attached hydrogen (secondary N) is 1. The van der Waals surface area contributed by atoms with Gasteiger partial charge in [-0.1, -0.05) is 6.07 Å². The molecule has 0 bridgehead atoms. The molecule has 3 nitrogen and oxygen atoms in total. The van der Waals surface area contributed by atoms with Crippen molar-refractivity contribution in [3.05, 3.63) is 36.0 Å². The Bertz CT molecular complexity index is 596. The van der Waals surface area contributed by atoms with Gasteiger partial charge in [-0.15, -0.1) is 0 Å². The second kappa shape index (κ2) is 5.23. The standard InChI is InChI=1S/C17H22N2O/c1-2-13(1)11-20-12-19-8-7-15-9-14(3-6-17(15)19)10-18-16-4-5-16/h3,6-9,13,16,18H,1-2,4-5,10-12H2. The second-order valence-electron chi connectivity index (χ2n) is 6.28. The highest BCUT2D eigenvalue weighted by molar-refractivity contribution is 5.80. The Morgan fingerprint density at radius 3 is 2.85 bits per heavy atom. The molecule has 1 N–H and O–H groups in total. The maximum absolute atomic E-state index is 5.78.